The molecule has 2 heteroatoms. The number of anilines is 2. The third-order valence-corrected chi connectivity index (χ3v) is 3.77. The SMILES string of the molecule is CC(C)(S)N(c1ccccc1)c1cccc2ccccc12. The Labute approximate surface area is 131 Å². The van der Waals surface area contributed by atoms with E-state index in [2.05, 4.69) is 85.5 Å². The summed E-state index contributed by atoms with van der Waals surface area (Å²) in [5, 5.41) is 2.49. The number of thiol groups is 1. The molecule has 106 valence electrons. The van der Waals surface area contributed by atoms with Crippen LogP contribution in [0.5, 0.6) is 0 Å². The van der Waals surface area contributed by atoms with E-state index >= 15 is 0 Å². The Morgan fingerprint density at radius 3 is 2.10 bits per heavy atom. The van der Waals surface area contributed by atoms with E-state index in [0.29, 0.717) is 0 Å². The first-order chi connectivity index (χ1) is 10.1. The first-order valence-corrected chi connectivity index (χ1v) is 7.57. The number of hydrogen-bond donors (Lipinski definition) is 1. The van der Waals surface area contributed by atoms with Gasteiger partial charge in [0.25, 0.3) is 0 Å². The minimum atomic E-state index is -0.300. The molecule has 21 heavy (non-hydrogen) atoms. The van der Waals surface area contributed by atoms with Gasteiger partial charge in [0.2, 0.25) is 0 Å². The van der Waals surface area contributed by atoms with Crippen molar-refractivity contribution in [1.82, 2.24) is 0 Å². The largest absolute Gasteiger partial charge is 0.326 e. The van der Waals surface area contributed by atoms with Crippen molar-refractivity contribution in [2.24, 2.45) is 0 Å². The van der Waals surface area contributed by atoms with Crippen molar-refractivity contribution in [3.8, 4) is 0 Å². The van der Waals surface area contributed by atoms with Crippen molar-refractivity contribution >= 4 is 34.8 Å². The Balaban J connectivity index is 2.25. The van der Waals surface area contributed by atoms with Gasteiger partial charge in [-0.2, -0.15) is 12.6 Å². The first-order valence-electron chi connectivity index (χ1n) is 7.13. The normalized spacial score (nSPS) is 11.6. The number of fused-ring (bicyclic) bond motifs is 1. The van der Waals surface area contributed by atoms with Gasteiger partial charge in [-0.3, -0.25) is 0 Å². The molecule has 3 aromatic carbocycles. The molecule has 3 rings (SSSR count). The molecule has 0 atom stereocenters. The van der Waals surface area contributed by atoms with E-state index in [0.717, 1.165) is 5.69 Å². The van der Waals surface area contributed by atoms with Gasteiger partial charge < -0.3 is 4.90 Å². The van der Waals surface area contributed by atoms with Crippen molar-refractivity contribution in [2.75, 3.05) is 4.90 Å². The Morgan fingerprint density at radius 2 is 1.38 bits per heavy atom. The Morgan fingerprint density at radius 1 is 0.762 bits per heavy atom. The summed E-state index contributed by atoms with van der Waals surface area (Å²) in [6.45, 7) is 4.23. The summed E-state index contributed by atoms with van der Waals surface area (Å²) in [5.74, 6) is 0. The van der Waals surface area contributed by atoms with Crippen molar-refractivity contribution in [1.29, 1.82) is 0 Å². The standard InChI is InChI=1S/C19H19NS/c1-19(2,21)20(16-11-4-3-5-12-16)18-14-8-10-15-9-6-7-13-17(15)18/h3-14,21H,1-2H3. The lowest BCUT2D eigenvalue weighted by molar-refractivity contribution is 0.731. The van der Waals surface area contributed by atoms with Gasteiger partial charge in [-0.1, -0.05) is 54.6 Å². The van der Waals surface area contributed by atoms with E-state index in [1.807, 2.05) is 6.07 Å². The Hall–Kier alpha value is -1.93. The monoisotopic (exact) mass is 293 g/mol. The summed E-state index contributed by atoms with van der Waals surface area (Å²) < 4.78 is 0. The molecule has 0 bridgehead atoms. The van der Waals surface area contributed by atoms with Crippen molar-refractivity contribution < 1.29 is 0 Å². The highest BCUT2D eigenvalue weighted by Gasteiger charge is 2.25. The van der Waals surface area contributed by atoms with Crippen LogP contribution in [-0.4, -0.2) is 4.87 Å². The molecule has 3 aromatic rings. The van der Waals surface area contributed by atoms with Crippen LogP contribution in [0.2, 0.25) is 0 Å². The van der Waals surface area contributed by atoms with Crippen LogP contribution in [0.3, 0.4) is 0 Å². The number of para-hydroxylation sites is 1. The van der Waals surface area contributed by atoms with E-state index < -0.39 is 0 Å². The fourth-order valence-corrected chi connectivity index (χ4v) is 2.95. The number of hydrogen-bond acceptors (Lipinski definition) is 2. The minimum absolute atomic E-state index is 0.300. The fraction of sp³-hybridized carbons (Fsp3) is 0.158. The molecule has 0 saturated heterocycles. The van der Waals surface area contributed by atoms with Crippen LogP contribution in [0.1, 0.15) is 13.8 Å². The Bertz CT molecular complexity index is 739. The molecule has 0 amide bonds. The fourth-order valence-electron chi connectivity index (χ4n) is 2.73. The van der Waals surface area contributed by atoms with E-state index in [1.54, 1.807) is 0 Å². The lowest BCUT2D eigenvalue weighted by Gasteiger charge is -2.37. The van der Waals surface area contributed by atoms with Gasteiger partial charge in [-0.15, -0.1) is 0 Å². The van der Waals surface area contributed by atoms with Gasteiger partial charge >= 0.3 is 0 Å². The maximum absolute atomic E-state index is 4.82. The van der Waals surface area contributed by atoms with Gasteiger partial charge in [-0.25, -0.2) is 0 Å². The van der Waals surface area contributed by atoms with Crippen molar-refractivity contribution in [3.63, 3.8) is 0 Å². The summed E-state index contributed by atoms with van der Waals surface area (Å²) in [4.78, 5) is 1.98. The lowest BCUT2D eigenvalue weighted by atomic mass is 10.1. The van der Waals surface area contributed by atoms with Gasteiger partial charge in [0.15, 0.2) is 0 Å². The zero-order chi connectivity index (χ0) is 14.9. The molecule has 0 fully saturated rings. The van der Waals surface area contributed by atoms with E-state index in [-0.39, 0.29) is 4.87 Å². The second-order valence-electron chi connectivity index (χ2n) is 5.66. The third kappa shape index (κ3) is 2.77. The predicted octanol–water partition coefficient (Wildman–Crippen LogP) is 5.64. The first kappa shape index (κ1) is 14.0. The molecule has 0 aliphatic heterocycles. The highest BCUT2D eigenvalue weighted by molar-refractivity contribution is 7.81. The van der Waals surface area contributed by atoms with Crippen LogP contribution >= 0.6 is 12.6 Å². The van der Waals surface area contributed by atoms with Crippen molar-refractivity contribution in [2.45, 2.75) is 18.7 Å². The molecule has 0 unspecified atom stereocenters. The molecule has 0 N–H and O–H groups in total. The summed E-state index contributed by atoms with van der Waals surface area (Å²) in [5.41, 5.74) is 2.33. The molecule has 1 nitrogen and oxygen atoms in total. The molecule has 0 spiro atoms. The highest BCUT2D eigenvalue weighted by atomic mass is 32.1. The molecule has 0 saturated carbocycles. The predicted molar refractivity (Wildman–Crippen MR) is 95.6 cm³/mol. The highest BCUT2D eigenvalue weighted by Crippen LogP contribution is 2.38. The number of rotatable bonds is 3. The molecule has 0 aromatic heterocycles. The molecule has 0 heterocycles. The van der Waals surface area contributed by atoms with Crippen LogP contribution in [-0.2, 0) is 0 Å². The van der Waals surface area contributed by atoms with Crippen LogP contribution < -0.4 is 4.90 Å². The molecule has 0 radical (unpaired) electrons. The van der Waals surface area contributed by atoms with E-state index in [4.69, 9.17) is 12.6 Å². The minimum Gasteiger partial charge on any atom is -0.326 e. The molecule has 0 aliphatic carbocycles. The van der Waals surface area contributed by atoms with E-state index in [9.17, 15) is 0 Å². The number of nitrogens with zero attached hydrogens (tertiary/aromatic N) is 1. The van der Waals surface area contributed by atoms with E-state index in [1.165, 1.54) is 16.5 Å². The second kappa shape index (κ2) is 5.45. The summed E-state index contributed by atoms with van der Waals surface area (Å²) in [6, 6.07) is 25.3. The maximum Gasteiger partial charge on any atom is 0.0824 e. The topological polar surface area (TPSA) is 3.24 Å². The number of benzene rings is 3. The molecular formula is C19H19NS. The summed E-state index contributed by atoms with van der Waals surface area (Å²) in [7, 11) is 0. The average molecular weight is 293 g/mol. The van der Waals surface area contributed by atoms with Gasteiger partial charge in [0.1, 0.15) is 0 Å². The van der Waals surface area contributed by atoms with Gasteiger partial charge in [0.05, 0.1) is 10.6 Å². The quantitative estimate of drug-likeness (QED) is 0.483. The van der Waals surface area contributed by atoms with Crippen molar-refractivity contribution in [3.05, 3.63) is 72.8 Å². The maximum atomic E-state index is 4.82. The van der Waals surface area contributed by atoms with Crippen LogP contribution in [0, 0.1) is 0 Å². The summed E-state index contributed by atoms with van der Waals surface area (Å²) in [6.07, 6.45) is 0. The van der Waals surface area contributed by atoms with Crippen LogP contribution in [0.25, 0.3) is 10.8 Å². The van der Waals surface area contributed by atoms with Gasteiger partial charge in [0, 0.05) is 11.1 Å². The second-order valence-corrected chi connectivity index (χ2v) is 6.76. The van der Waals surface area contributed by atoms with Gasteiger partial charge in [-0.05, 0) is 37.4 Å². The zero-order valence-electron chi connectivity index (χ0n) is 12.3. The average Bonchev–Trinajstić information content (AvgIpc) is 2.47. The lowest BCUT2D eigenvalue weighted by Crippen LogP contribution is -2.35. The smallest absolute Gasteiger partial charge is 0.0824 e. The Kier molecular flexibility index (Phi) is 3.64. The molecule has 0 aliphatic rings. The zero-order valence-corrected chi connectivity index (χ0v) is 13.2. The third-order valence-electron chi connectivity index (χ3n) is 3.57. The summed E-state index contributed by atoms with van der Waals surface area (Å²) >= 11 is 4.82. The molecular weight excluding hydrogens is 274 g/mol. The van der Waals surface area contributed by atoms with Crippen LogP contribution in [0.15, 0.2) is 72.8 Å². The van der Waals surface area contributed by atoms with Crippen LogP contribution in [0.4, 0.5) is 11.4 Å².